The highest BCUT2D eigenvalue weighted by Crippen LogP contribution is 2.23. The Morgan fingerprint density at radius 3 is 2.90 bits per heavy atom. The number of thiazole rings is 1. The number of piperidine rings is 1. The number of aryl methyl sites for hydroxylation is 1. The molecule has 1 aromatic rings. The van der Waals surface area contributed by atoms with E-state index in [9.17, 15) is 9.90 Å². The van der Waals surface area contributed by atoms with E-state index in [0.717, 1.165) is 51.0 Å². The third-order valence-electron chi connectivity index (χ3n) is 3.97. The van der Waals surface area contributed by atoms with Crippen LogP contribution in [0.5, 0.6) is 0 Å². The number of aliphatic hydroxyl groups excluding tert-OH is 1. The Hall–Kier alpha value is -0.980. The SMILES string of the molecule is CCCc1nc(CN2CCC(C(O)C(=O)OC)CC2)cs1. The van der Waals surface area contributed by atoms with E-state index in [0.29, 0.717) is 0 Å². The zero-order valence-corrected chi connectivity index (χ0v) is 13.6. The van der Waals surface area contributed by atoms with E-state index in [1.54, 1.807) is 11.3 Å². The Balaban J connectivity index is 1.79. The fourth-order valence-corrected chi connectivity index (χ4v) is 3.61. The Bertz CT molecular complexity index is 456. The number of hydrogen-bond donors (Lipinski definition) is 1. The van der Waals surface area contributed by atoms with Crippen molar-refractivity contribution in [2.24, 2.45) is 5.92 Å². The van der Waals surface area contributed by atoms with Gasteiger partial charge in [0.05, 0.1) is 17.8 Å². The lowest BCUT2D eigenvalue weighted by Crippen LogP contribution is -2.40. The van der Waals surface area contributed by atoms with E-state index in [1.807, 2.05) is 0 Å². The monoisotopic (exact) mass is 312 g/mol. The van der Waals surface area contributed by atoms with Crippen LogP contribution in [0.15, 0.2) is 5.38 Å². The van der Waals surface area contributed by atoms with E-state index in [2.05, 4.69) is 26.9 Å². The van der Waals surface area contributed by atoms with Gasteiger partial charge in [0, 0.05) is 11.9 Å². The van der Waals surface area contributed by atoms with Crippen molar-refractivity contribution in [2.45, 2.75) is 45.3 Å². The molecule has 0 amide bonds. The highest BCUT2D eigenvalue weighted by molar-refractivity contribution is 7.09. The molecule has 1 saturated heterocycles. The molecule has 1 unspecified atom stereocenters. The number of carbonyl (C=O) groups is 1. The minimum Gasteiger partial charge on any atom is -0.467 e. The number of likely N-dealkylation sites (tertiary alicyclic amines) is 1. The molecular formula is C15H24N2O3S. The van der Waals surface area contributed by atoms with Gasteiger partial charge in [0.15, 0.2) is 6.10 Å². The molecule has 0 aromatic carbocycles. The summed E-state index contributed by atoms with van der Waals surface area (Å²) in [6, 6.07) is 0. The third kappa shape index (κ3) is 4.49. The first-order chi connectivity index (χ1) is 10.1. The lowest BCUT2D eigenvalue weighted by molar-refractivity contribution is -0.154. The molecule has 1 atom stereocenters. The maximum absolute atomic E-state index is 11.4. The Morgan fingerprint density at radius 2 is 2.29 bits per heavy atom. The maximum Gasteiger partial charge on any atom is 0.334 e. The number of ether oxygens (including phenoxy) is 1. The minimum absolute atomic E-state index is 0.0137. The van der Waals surface area contributed by atoms with E-state index in [1.165, 1.54) is 12.1 Å². The molecule has 21 heavy (non-hydrogen) atoms. The van der Waals surface area contributed by atoms with Crippen LogP contribution in [-0.2, 0) is 22.5 Å². The molecule has 1 aliphatic rings. The van der Waals surface area contributed by atoms with Gasteiger partial charge in [-0.05, 0) is 44.7 Å². The van der Waals surface area contributed by atoms with Crippen LogP contribution in [0.4, 0.5) is 0 Å². The average Bonchev–Trinajstić information content (AvgIpc) is 2.94. The van der Waals surface area contributed by atoms with Gasteiger partial charge in [-0.2, -0.15) is 0 Å². The number of methoxy groups -OCH3 is 1. The van der Waals surface area contributed by atoms with Crippen LogP contribution in [0.1, 0.15) is 36.9 Å². The first-order valence-electron chi connectivity index (χ1n) is 7.55. The maximum atomic E-state index is 11.4. The number of rotatable bonds is 6. The molecular weight excluding hydrogens is 288 g/mol. The molecule has 1 fully saturated rings. The van der Waals surface area contributed by atoms with Crippen LogP contribution in [0.25, 0.3) is 0 Å². The van der Waals surface area contributed by atoms with Crippen LogP contribution >= 0.6 is 11.3 Å². The highest BCUT2D eigenvalue weighted by Gasteiger charge is 2.30. The second-order valence-electron chi connectivity index (χ2n) is 5.56. The molecule has 118 valence electrons. The van der Waals surface area contributed by atoms with E-state index in [4.69, 9.17) is 0 Å². The van der Waals surface area contributed by atoms with Crippen molar-refractivity contribution in [1.29, 1.82) is 0 Å². The molecule has 1 N–H and O–H groups in total. The first-order valence-corrected chi connectivity index (χ1v) is 8.43. The molecule has 0 radical (unpaired) electrons. The second kappa shape index (κ2) is 7.87. The molecule has 1 aromatic heterocycles. The van der Waals surface area contributed by atoms with Crippen molar-refractivity contribution < 1.29 is 14.6 Å². The minimum atomic E-state index is -0.979. The van der Waals surface area contributed by atoms with Crippen molar-refractivity contribution >= 4 is 17.3 Å². The summed E-state index contributed by atoms with van der Waals surface area (Å²) in [5, 5.41) is 13.2. The molecule has 5 nitrogen and oxygen atoms in total. The van der Waals surface area contributed by atoms with Crippen molar-refractivity contribution in [2.75, 3.05) is 20.2 Å². The molecule has 2 rings (SSSR count). The van der Waals surface area contributed by atoms with E-state index >= 15 is 0 Å². The van der Waals surface area contributed by atoms with Crippen molar-refractivity contribution in [1.82, 2.24) is 9.88 Å². The summed E-state index contributed by atoms with van der Waals surface area (Å²) in [6.07, 6.45) is 2.85. The van der Waals surface area contributed by atoms with Crippen molar-refractivity contribution in [3.05, 3.63) is 16.1 Å². The predicted molar refractivity (Wildman–Crippen MR) is 82.1 cm³/mol. The normalized spacial score (nSPS) is 18.6. The summed E-state index contributed by atoms with van der Waals surface area (Å²) < 4.78 is 4.60. The summed E-state index contributed by atoms with van der Waals surface area (Å²) in [6.45, 7) is 4.80. The van der Waals surface area contributed by atoms with Gasteiger partial charge in [0.2, 0.25) is 0 Å². The molecule has 0 saturated carbocycles. The molecule has 0 spiro atoms. The topological polar surface area (TPSA) is 62.7 Å². The number of hydrogen-bond acceptors (Lipinski definition) is 6. The number of aromatic nitrogens is 1. The molecule has 6 heteroatoms. The van der Waals surface area contributed by atoms with Gasteiger partial charge < -0.3 is 9.84 Å². The van der Waals surface area contributed by atoms with Crippen LogP contribution in [0.2, 0.25) is 0 Å². The quantitative estimate of drug-likeness (QED) is 0.812. The second-order valence-corrected chi connectivity index (χ2v) is 6.51. The van der Waals surface area contributed by atoms with Crippen LogP contribution in [-0.4, -0.2) is 47.3 Å². The van der Waals surface area contributed by atoms with Crippen molar-refractivity contribution in [3.63, 3.8) is 0 Å². The number of aliphatic hydroxyl groups is 1. The van der Waals surface area contributed by atoms with Gasteiger partial charge in [-0.15, -0.1) is 11.3 Å². The van der Waals surface area contributed by atoms with Gasteiger partial charge in [-0.25, -0.2) is 9.78 Å². The lowest BCUT2D eigenvalue weighted by atomic mass is 9.91. The van der Waals surface area contributed by atoms with Crippen LogP contribution in [0, 0.1) is 5.92 Å². The average molecular weight is 312 g/mol. The zero-order valence-electron chi connectivity index (χ0n) is 12.7. The smallest absolute Gasteiger partial charge is 0.334 e. The highest BCUT2D eigenvalue weighted by atomic mass is 32.1. The molecule has 0 bridgehead atoms. The summed E-state index contributed by atoms with van der Waals surface area (Å²) in [5.74, 6) is -0.503. The zero-order chi connectivity index (χ0) is 15.2. The Labute approximate surface area is 129 Å². The van der Waals surface area contributed by atoms with Gasteiger partial charge in [-0.1, -0.05) is 6.92 Å². The molecule has 1 aliphatic heterocycles. The van der Waals surface area contributed by atoms with Gasteiger partial charge in [0.25, 0.3) is 0 Å². The Kier molecular flexibility index (Phi) is 6.14. The molecule has 2 heterocycles. The lowest BCUT2D eigenvalue weighted by Gasteiger charge is -2.32. The van der Waals surface area contributed by atoms with Crippen LogP contribution in [0.3, 0.4) is 0 Å². The van der Waals surface area contributed by atoms with Crippen molar-refractivity contribution in [3.8, 4) is 0 Å². The largest absolute Gasteiger partial charge is 0.467 e. The van der Waals surface area contributed by atoms with Gasteiger partial charge in [-0.3, -0.25) is 4.90 Å². The fraction of sp³-hybridized carbons (Fsp3) is 0.733. The van der Waals surface area contributed by atoms with Gasteiger partial charge >= 0.3 is 5.97 Å². The number of carbonyl (C=O) groups excluding carboxylic acids is 1. The third-order valence-corrected chi connectivity index (χ3v) is 4.93. The Morgan fingerprint density at radius 1 is 1.57 bits per heavy atom. The summed E-state index contributed by atoms with van der Waals surface area (Å²) in [4.78, 5) is 18.3. The predicted octanol–water partition coefficient (Wildman–Crippen LogP) is 1.84. The number of nitrogens with zero attached hydrogens (tertiary/aromatic N) is 2. The summed E-state index contributed by atoms with van der Waals surface area (Å²) in [5.41, 5.74) is 1.13. The van der Waals surface area contributed by atoms with E-state index < -0.39 is 12.1 Å². The summed E-state index contributed by atoms with van der Waals surface area (Å²) in [7, 11) is 1.32. The fourth-order valence-electron chi connectivity index (χ4n) is 2.72. The molecule has 0 aliphatic carbocycles. The number of esters is 1. The van der Waals surface area contributed by atoms with Gasteiger partial charge in [0.1, 0.15) is 0 Å². The first kappa shape index (κ1) is 16.4. The van der Waals surface area contributed by atoms with Crippen LogP contribution < -0.4 is 0 Å². The summed E-state index contributed by atoms with van der Waals surface area (Å²) >= 11 is 1.74. The standard InChI is InChI=1S/C15H24N2O3S/c1-3-4-13-16-12(10-21-13)9-17-7-5-11(6-8-17)14(18)15(19)20-2/h10-11,14,18H,3-9H2,1-2H3. The van der Waals surface area contributed by atoms with E-state index in [-0.39, 0.29) is 5.92 Å².